The predicted octanol–water partition coefficient (Wildman–Crippen LogP) is 2.42. The van der Waals surface area contributed by atoms with Crippen molar-refractivity contribution in [1.29, 1.82) is 0 Å². The zero-order chi connectivity index (χ0) is 14.8. The molecule has 6 heteroatoms. The number of rotatable bonds is 6. The first-order valence-corrected chi connectivity index (χ1v) is 8.95. The van der Waals surface area contributed by atoms with Gasteiger partial charge in [0.25, 0.3) is 9.05 Å². The van der Waals surface area contributed by atoms with Crippen LogP contribution in [0, 0.1) is 5.92 Å². The molecule has 0 aliphatic heterocycles. The number of hydrogen-bond acceptors (Lipinski definition) is 3. The SMILES string of the molecule is CN(CC1CC1)C(=O)CCc1ccc(S(=O)(=O)Cl)cc1. The van der Waals surface area contributed by atoms with Crippen LogP contribution < -0.4 is 0 Å². The Morgan fingerprint density at radius 1 is 1.30 bits per heavy atom. The molecule has 1 aliphatic carbocycles. The zero-order valence-corrected chi connectivity index (χ0v) is 13.0. The lowest BCUT2D eigenvalue weighted by Crippen LogP contribution is -2.28. The molecule has 1 aromatic carbocycles. The number of aryl methyl sites for hydroxylation is 1. The maximum atomic E-state index is 11.9. The van der Waals surface area contributed by atoms with Crippen LogP contribution in [0.2, 0.25) is 0 Å². The van der Waals surface area contributed by atoms with Gasteiger partial charge < -0.3 is 4.90 Å². The molecule has 0 atom stereocenters. The van der Waals surface area contributed by atoms with Gasteiger partial charge in [-0.05, 0) is 42.9 Å². The monoisotopic (exact) mass is 315 g/mol. The quantitative estimate of drug-likeness (QED) is 0.758. The average molecular weight is 316 g/mol. The Balaban J connectivity index is 1.85. The van der Waals surface area contributed by atoms with Crippen LogP contribution in [-0.2, 0) is 20.3 Å². The first-order valence-electron chi connectivity index (χ1n) is 6.64. The summed E-state index contributed by atoms with van der Waals surface area (Å²) in [4.78, 5) is 13.8. The molecule has 1 amide bonds. The van der Waals surface area contributed by atoms with Gasteiger partial charge in [-0.15, -0.1) is 0 Å². The molecule has 110 valence electrons. The molecule has 0 N–H and O–H groups in total. The smallest absolute Gasteiger partial charge is 0.261 e. The van der Waals surface area contributed by atoms with E-state index in [0.29, 0.717) is 18.8 Å². The van der Waals surface area contributed by atoms with Crippen molar-refractivity contribution in [3.63, 3.8) is 0 Å². The normalized spacial score (nSPS) is 15.1. The van der Waals surface area contributed by atoms with Crippen molar-refractivity contribution in [2.24, 2.45) is 5.92 Å². The standard InChI is InChI=1S/C14H18ClNO3S/c1-16(10-12-2-3-12)14(17)9-6-11-4-7-13(8-5-11)20(15,18)19/h4-5,7-8,12H,2-3,6,9-10H2,1H3. The van der Waals surface area contributed by atoms with E-state index in [0.717, 1.165) is 12.1 Å². The minimum absolute atomic E-state index is 0.0834. The highest BCUT2D eigenvalue weighted by Gasteiger charge is 2.24. The molecular formula is C14H18ClNO3S. The van der Waals surface area contributed by atoms with E-state index < -0.39 is 9.05 Å². The summed E-state index contributed by atoms with van der Waals surface area (Å²) in [5.41, 5.74) is 0.933. The van der Waals surface area contributed by atoms with Crippen LogP contribution in [-0.4, -0.2) is 32.8 Å². The summed E-state index contributed by atoms with van der Waals surface area (Å²) in [5, 5.41) is 0. The Labute approximate surface area is 124 Å². The fourth-order valence-electron chi connectivity index (χ4n) is 2.05. The molecule has 4 nitrogen and oxygen atoms in total. The number of benzene rings is 1. The van der Waals surface area contributed by atoms with Gasteiger partial charge in [0.15, 0.2) is 0 Å². The number of carbonyl (C=O) groups is 1. The summed E-state index contributed by atoms with van der Waals surface area (Å²) >= 11 is 0. The minimum atomic E-state index is -3.67. The van der Waals surface area contributed by atoms with Crippen molar-refractivity contribution in [3.05, 3.63) is 29.8 Å². The van der Waals surface area contributed by atoms with Crippen LogP contribution in [0.25, 0.3) is 0 Å². The van der Waals surface area contributed by atoms with E-state index in [1.165, 1.54) is 25.0 Å². The molecule has 0 unspecified atom stereocenters. The van der Waals surface area contributed by atoms with Crippen LogP contribution in [0.1, 0.15) is 24.8 Å². The van der Waals surface area contributed by atoms with Gasteiger partial charge in [0.05, 0.1) is 4.90 Å². The Morgan fingerprint density at radius 3 is 2.40 bits per heavy atom. The average Bonchev–Trinajstić information content (AvgIpc) is 3.19. The second-order valence-corrected chi connectivity index (χ2v) is 7.87. The van der Waals surface area contributed by atoms with Gasteiger partial charge in [0, 0.05) is 30.7 Å². The number of halogens is 1. The first-order chi connectivity index (χ1) is 9.36. The molecule has 1 aliphatic rings. The molecule has 0 heterocycles. The summed E-state index contributed by atoms with van der Waals surface area (Å²) in [7, 11) is 3.41. The maximum absolute atomic E-state index is 11.9. The van der Waals surface area contributed by atoms with Crippen molar-refractivity contribution in [2.75, 3.05) is 13.6 Å². The van der Waals surface area contributed by atoms with Gasteiger partial charge in [-0.3, -0.25) is 4.79 Å². The van der Waals surface area contributed by atoms with Gasteiger partial charge in [-0.2, -0.15) is 0 Å². The van der Waals surface area contributed by atoms with Gasteiger partial charge in [0.1, 0.15) is 0 Å². The molecular weight excluding hydrogens is 298 g/mol. The lowest BCUT2D eigenvalue weighted by Gasteiger charge is -2.16. The predicted molar refractivity (Wildman–Crippen MR) is 78.2 cm³/mol. The highest BCUT2D eigenvalue weighted by atomic mass is 35.7. The first kappa shape index (κ1) is 15.3. The number of carbonyl (C=O) groups excluding carboxylic acids is 1. The fraction of sp³-hybridized carbons (Fsp3) is 0.500. The van der Waals surface area contributed by atoms with Gasteiger partial charge in [-0.1, -0.05) is 12.1 Å². The molecule has 0 radical (unpaired) electrons. The van der Waals surface area contributed by atoms with Crippen molar-refractivity contribution < 1.29 is 13.2 Å². The maximum Gasteiger partial charge on any atom is 0.261 e. The van der Waals surface area contributed by atoms with E-state index in [1.807, 2.05) is 7.05 Å². The van der Waals surface area contributed by atoms with Crippen molar-refractivity contribution >= 4 is 25.6 Å². The van der Waals surface area contributed by atoms with Crippen molar-refractivity contribution in [2.45, 2.75) is 30.6 Å². The van der Waals surface area contributed by atoms with E-state index in [9.17, 15) is 13.2 Å². The highest BCUT2D eigenvalue weighted by Crippen LogP contribution is 2.29. The summed E-state index contributed by atoms with van der Waals surface area (Å²) < 4.78 is 22.2. The summed E-state index contributed by atoms with van der Waals surface area (Å²) in [6.45, 7) is 0.849. The van der Waals surface area contributed by atoms with Crippen LogP contribution in [0.15, 0.2) is 29.2 Å². The third-order valence-corrected chi connectivity index (χ3v) is 4.86. The van der Waals surface area contributed by atoms with E-state index in [4.69, 9.17) is 10.7 Å². The lowest BCUT2D eigenvalue weighted by molar-refractivity contribution is -0.130. The van der Waals surface area contributed by atoms with Gasteiger partial charge in [-0.25, -0.2) is 8.42 Å². The topological polar surface area (TPSA) is 54.5 Å². The Kier molecular flexibility index (Phi) is 4.70. The van der Waals surface area contributed by atoms with Crippen molar-refractivity contribution in [1.82, 2.24) is 4.90 Å². The lowest BCUT2D eigenvalue weighted by atomic mass is 10.1. The largest absolute Gasteiger partial charge is 0.345 e. The summed E-state index contributed by atoms with van der Waals surface area (Å²) in [5.74, 6) is 0.822. The Hall–Kier alpha value is -1.07. The van der Waals surface area contributed by atoms with Gasteiger partial charge in [0.2, 0.25) is 5.91 Å². The Morgan fingerprint density at radius 2 is 1.90 bits per heavy atom. The number of nitrogens with zero attached hydrogens (tertiary/aromatic N) is 1. The van der Waals surface area contributed by atoms with E-state index in [1.54, 1.807) is 17.0 Å². The molecule has 1 saturated carbocycles. The van der Waals surface area contributed by atoms with Crippen molar-refractivity contribution in [3.8, 4) is 0 Å². The molecule has 0 aromatic heterocycles. The molecule has 0 saturated heterocycles. The molecule has 1 aromatic rings. The van der Waals surface area contributed by atoms with E-state index in [2.05, 4.69) is 0 Å². The third-order valence-electron chi connectivity index (χ3n) is 3.49. The number of hydrogen-bond donors (Lipinski definition) is 0. The zero-order valence-electron chi connectivity index (χ0n) is 11.4. The second-order valence-electron chi connectivity index (χ2n) is 5.30. The van der Waals surface area contributed by atoms with E-state index in [-0.39, 0.29) is 10.8 Å². The molecule has 20 heavy (non-hydrogen) atoms. The molecule has 0 bridgehead atoms. The van der Waals surface area contributed by atoms with Crippen LogP contribution in [0.4, 0.5) is 0 Å². The minimum Gasteiger partial charge on any atom is -0.345 e. The molecule has 0 spiro atoms. The highest BCUT2D eigenvalue weighted by molar-refractivity contribution is 8.13. The summed E-state index contributed by atoms with van der Waals surface area (Å²) in [6, 6.07) is 6.33. The van der Waals surface area contributed by atoms with Gasteiger partial charge >= 0.3 is 0 Å². The van der Waals surface area contributed by atoms with Crippen LogP contribution in [0.5, 0.6) is 0 Å². The second kappa shape index (κ2) is 6.14. The number of amides is 1. The molecule has 2 rings (SSSR count). The summed E-state index contributed by atoms with van der Waals surface area (Å²) in [6.07, 6.45) is 3.50. The Bertz CT molecular complexity index is 579. The fourth-order valence-corrected chi connectivity index (χ4v) is 2.82. The molecule has 1 fully saturated rings. The third kappa shape index (κ3) is 4.49. The van der Waals surface area contributed by atoms with E-state index >= 15 is 0 Å². The van der Waals surface area contributed by atoms with Crippen LogP contribution in [0.3, 0.4) is 0 Å². The van der Waals surface area contributed by atoms with Crippen LogP contribution >= 0.6 is 10.7 Å².